The van der Waals surface area contributed by atoms with Gasteiger partial charge in [-0.25, -0.2) is 0 Å². The summed E-state index contributed by atoms with van der Waals surface area (Å²) in [5.74, 6) is 0.173. The Morgan fingerprint density at radius 2 is 2.35 bits per heavy atom. The Kier molecular flexibility index (Phi) is 3.44. The van der Waals surface area contributed by atoms with Gasteiger partial charge in [0.15, 0.2) is 0 Å². The number of aromatic nitrogens is 1. The minimum absolute atomic E-state index is 0.171. The van der Waals surface area contributed by atoms with Gasteiger partial charge >= 0.3 is 0 Å². The van der Waals surface area contributed by atoms with E-state index in [-0.39, 0.29) is 11.5 Å². The van der Waals surface area contributed by atoms with E-state index >= 15 is 0 Å². The molecule has 1 aromatic rings. The highest BCUT2D eigenvalue weighted by atomic mass is 15.2. The molecule has 0 aromatic carbocycles. The largest absolute Gasteiger partial charge is 0.291 e. The highest BCUT2D eigenvalue weighted by Gasteiger charge is 2.34. The predicted octanol–water partition coefficient (Wildman–Crippen LogP) is 2.60. The van der Waals surface area contributed by atoms with Crippen LogP contribution in [-0.2, 0) is 6.54 Å². The van der Waals surface area contributed by atoms with Gasteiger partial charge in [0, 0.05) is 24.8 Å². The molecule has 17 heavy (non-hydrogen) atoms. The maximum atomic E-state index is 9.05. The van der Waals surface area contributed by atoms with E-state index in [0.717, 1.165) is 31.6 Å². The zero-order valence-electron chi connectivity index (χ0n) is 10.6. The molecule has 1 aromatic heterocycles. The molecule has 0 aliphatic carbocycles. The summed E-state index contributed by atoms with van der Waals surface area (Å²) in [5, 5.41) is 9.05. The van der Waals surface area contributed by atoms with Crippen LogP contribution in [0, 0.1) is 17.2 Å². The third-order valence-corrected chi connectivity index (χ3v) is 3.66. The van der Waals surface area contributed by atoms with Gasteiger partial charge in [-0.15, -0.1) is 0 Å². The van der Waals surface area contributed by atoms with E-state index in [9.17, 15) is 0 Å². The topological polar surface area (TPSA) is 39.9 Å². The van der Waals surface area contributed by atoms with Gasteiger partial charge in [0.2, 0.25) is 0 Å². The summed E-state index contributed by atoms with van der Waals surface area (Å²) in [5.41, 5.74) is 1.25. The van der Waals surface area contributed by atoms with Crippen LogP contribution in [0.2, 0.25) is 0 Å². The maximum Gasteiger partial charge on any atom is 0.0669 e. The fraction of sp³-hybridized carbons (Fsp3) is 0.571. The fourth-order valence-corrected chi connectivity index (χ4v) is 2.36. The van der Waals surface area contributed by atoms with E-state index in [1.807, 2.05) is 24.4 Å². The molecule has 0 bridgehead atoms. The lowest BCUT2D eigenvalue weighted by atomic mass is 9.85. The molecule has 3 nitrogen and oxygen atoms in total. The molecule has 0 spiro atoms. The summed E-state index contributed by atoms with van der Waals surface area (Å²) in [6.45, 7) is 6.21. The first-order chi connectivity index (χ1) is 8.12. The monoisotopic (exact) mass is 229 g/mol. The Labute approximate surface area is 103 Å². The van der Waals surface area contributed by atoms with Crippen LogP contribution in [0.3, 0.4) is 0 Å². The van der Waals surface area contributed by atoms with Crippen LogP contribution in [0.4, 0.5) is 0 Å². The molecule has 0 amide bonds. The van der Waals surface area contributed by atoms with Crippen molar-refractivity contribution in [1.82, 2.24) is 9.88 Å². The highest BCUT2D eigenvalue weighted by molar-refractivity contribution is 5.06. The van der Waals surface area contributed by atoms with Crippen molar-refractivity contribution >= 4 is 0 Å². The van der Waals surface area contributed by atoms with Crippen molar-refractivity contribution in [1.29, 1.82) is 5.26 Å². The molecule has 1 saturated heterocycles. The lowest BCUT2D eigenvalue weighted by Crippen LogP contribution is -2.49. The van der Waals surface area contributed by atoms with Crippen LogP contribution < -0.4 is 0 Å². The molecule has 1 atom stereocenters. The number of hydrogen-bond donors (Lipinski definition) is 0. The molecule has 0 saturated carbocycles. The predicted molar refractivity (Wildman–Crippen MR) is 67.1 cm³/mol. The molecule has 2 rings (SSSR count). The van der Waals surface area contributed by atoms with E-state index in [2.05, 4.69) is 29.8 Å². The lowest BCUT2D eigenvalue weighted by molar-refractivity contribution is 0.0506. The molecule has 0 radical (unpaired) electrons. The third-order valence-electron chi connectivity index (χ3n) is 3.66. The van der Waals surface area contributed by atoms with Gasteiger partial charge in [-0.2, -0.15) is 5.26 Å². The molecule has 1 fully saturated rings. The number of likely N-dealkylation sites (tertiary alicyclic amines) is 1. The second-order valence-corrected chi connectivity index (χ2v) is 5.38. The number of rotatable bonds is 2. The molecule has 0 N–H and O–H groups in total. The van der Waals surface area contributed by atoms with Gasteiger partial charge in [-0.3, -0.25) is 9.88 Å². The summed E-state index contributed by atoms with van der Waals surface area (Å²) >= 11 is 0. The summed E-state index contributed by atoms with van der Waals surface area (Å²) in [6, 6.07) is 8.39. The van der Waals surface area contributed by atoms with Crippen molar-refractivity contribution in [3.63, 3.8) is 0 Å². The first-order valence-corrected chi connectivity index (χ1v) is 6.16. The Morgan fingerprint density at radius 3 is 3.00 bits per heavy atom. The molecule has 1 unspecified atom stereocenters. The number of nitrogens with zero attached hydrogens (tertiary/aromatic N) is 3. The van der Waals surface area contributed by atoms with Gasteiger partial charge in [-0.05, 0) is 38.8 Å². The molecular formula is C14H19N3. The van der Waals surface area contributed by atoms with Crippen molar-refractivity contribution in [2.24, 2.45) is 5.92 Å². The van der Waals surface area contributed by atoms with E-state index in [4.69, 9.17) is 5.26 Å². The minimum atomic E-state index is 0.171. The van der Waals surface area contributed by atoms with Crippen molar-refractivity contribution < 1.29 is 0 Å². The van der Waals surface area contributed by atoms with Gasteiger partial charge in [-0.1, -0.05) is 6.07 Å². The fourth-order valence-electron chi connectivity index (χ4n) is 2.36. The molecule has 90 valence electrons. The van der Waals surface area contributed by atoms with Gasteiger partial charge in [0.1, 0.15) is 0 Å². The average molecular weight is 229 g/mol. The van der Waals surface area contributed by atoms with E-state index in [1.54, 1.807) is 0 Å². The van der Waals surface area contributed by atoms with Crippen LogP contribution in [0.25, 0.3) is 0 Å². The van der Waals surface area contributed by atoms with E-state index in [0.29, 0.717) is 0 Å². The van der Waals surface area contributed by atoms with Crippen molar-refractivity contribution in [2.45, 2.75) is 38.8 Å². The maximum absolute atomic E-state index is 9.05. The number of nitriles is 1. The average Bonchev–Trinajstić information content (AvgIpc) is 2.33. The first kappa shape index (κ1) is 12.1. The normalized spacial score (nSPS) is 24.2. The van der Waals surface area contributed by atoms with E-state index < -0.39 is 0 Å². The quantitative estimate of drug-likeness (QED) is 0.782. The Balaban J connectivity index is 2.09. The van der Waals surface area contributed by atoms with Crippen LogP contribution >= 0.6 is 0 Å². The summed E-state index contributed by atoms with van der Waals surface area (Å²) in [6.07, 6.45) is 3.92. The molecular weight excluding hydrogens is 210 g/mol. The zero-order chi connectivity index (χ0) is 12.3. The SMILES string of the molecule is CC1(C)CCC(C#N)CN1Cc1ccccn1. The van der Waals surface area contributed by atoms with Crippen molar-refractivity contribution in [2.75, 3.05) is 6.54 Å². The second-order valence-electron chi connectivity index (χ2n) is 5.38. The Bertz CT molecular complexity index is 405. The van der Waals surface area contributed by atoms with Crippen LogP contribution in [-0.4, -0.2) is 22.0 Å². The smallest absolute Gasteiger partial charge is 0.0669 e. The Hall–Kier alpha value is -1.40. The van der Waals surface area contributed by atoms with Gasteiger partial charge in [0.05, 0.1) is 17.7 Å². The molecule has 1 aliphatic heterocycles. The standard InChI is InChI=1S/C14H19N3/c1-14(2)7-6-12(9-15)10-17(14)11-13-5-3-4-8-16-13/h3-5,8,12H,6-7,10-11H2,1-2H3. The first-order valence-electron chi connectivity index (χ1n) is 6.16. The zero-order valence-corrected chi connectivity index (χ0v) is 10.6. The molecule has 3 heteroatoms. The second kappa shape index (κ2) is 4.85. The number of hydrogen-bond acceptors (Lipinski definition) is 3. The highest BCUT2D eigenvalue weighted by Crippen LogP contribution is 2.31. The van der Waals surface area contributed by atoms with Crippen molar-refractivity contribution in [3.05, 3.63) is 30.1 Å². The lowest BCUT2D eigenvalue weighted by Gasteiger charge is -2.44. The van der Waals surface area contributed by atoms with Gasteiger partial charge in [0.25, 0.3) is 0 Å². The number of pyridine rings is 1. The summed E-state index contributed by atoms with van der Waals surface area (Å²) < 4.78 is 0. The van der Waals surface area contributed by atoms with Gasteiger partial charge < -0.3 is 0 Å². The van der Waals surface area contributed by atoms with E-state index in [1.165, 1.54) is 0 Å². The van der Waals surface area contributed by atoms with Crippen molar-refractivity contribution in [3.8, 4) is 6.07 Å². The number of piperidine rings is 1. The Morgan fingerprint density at radius 1 is 1.53 bits per heavy atom. The van der Waals surface area contributed by atoms with Crippen LogP contribution in [0.1, 0.15) is 32.4 Å². The summed E-state index contributed by atoms with van der Waals surface area (Å²) in [7, 11) is 0. The van der Waals surface area contributed by atoms with Crippen LogP contribution in [0.15, 0.2) is 24.4 Å². The van der Waals surface area contributed by atoms with Crippen LogP contribution in [0.5, 0.6) is 0 Å². The minimum Gasteiger partial charge on any atom is -0.291 e. The molecule has 1 aliphatic rings. The third kappa shape index (κ3) is 2.83. The summed E-state index contributed by atoms with van der Waals surface area (Å²) in [4.78, 5) is 6.75. The molecule has 2 heterocycles.